The molecule has 2 amide bonds. The van der Waals surface area contributed by atoms with E-state index in [1.807, 2.05) is 35.0 Å². The van der Waals surface area contributed by atoms with Crippen molar-refractivity contribution in [3.05, 3.63) is 96.3 Å². The minimum atomic E-state index is -2.79. The topological polar surface area (TPSA) is 82.4 Å². The summed E-state index contributed by atoms with van der Waals surface area (Å²) in [5.74, 6) is -0.627. The second-order valence-corrected chi connectivity index (χ2v) is 16.0. The standard InChI is InChI=1S/C34H39N3O4Si/c1-5-6-19-28-30(33(39)36-32(28)38)29-24-37(31-27(29)20-13-21-35-31)22-14-23-40-41-42(34(2,3)4,25-15-9-7-10-16-25)26-17-11-8-12-18-26/h7-13,15-18,20-21,24H,5-6,14,19,22-23H2,1-4H3,(H,36,38,39). The van der Waals surface area contributed by atoms with Gasteiger partial charge in [-0.15, -0.1) is 0 Å². The van der Waals surface area contributed by atoms with Crippen molar-refractivity contribution in [1.29, 1.82) is 0 Å². The highest BCUT2D eigenvalue weighted by molar-refractivity contribution is 6.99. The number of nitrogens with zero attached hydrogens (tertiary/aromatic N) is 2. The van der Waals surface area contributed by atoms with Crippen molar-refractivity contribution in [2.24, 2.45) is 0 Å². The fourth-order valence-corrected chi connectivity index (χ4v) is 9.98. The lowest BCUT2D eigenvalue weighted by Crippen LogP contribution is -2.66. The number of aromatic nitrogens is 2. The molecule has 0 saturated heterocycles. The van der Waals surface area contributed by atoms with E-state index in [9.17, 15) is 9.59 Å². The van der Waals surface area contributed by atoms with Crippen LogP contribution in [0, 0.1) is 0 Å². The Morgan fingerprint density at radius 2 is 1.55 bits per heavy atom. The second kappa shape index (κ2) is 12.6. The summed E-state index contributed by atoms with van der Waals surface area (Å²) >= 11 is 0. The lowest BCUT2D eigenvalue weighted by Gasteiger charge is -2.41. The summed E-state index contributed by atoms with van der Waals surface area (Å²) in [6, 6.07) is 24.6. The molecule has 1 aliphatic heterocycles. The zero-order valence-corrected chi connectivity index (χ0v) is 25.9. The van der Waals surface area contributed by atoms with Crippen LogP contribution in [0.2, 0.25) is 5.04 Å². The molecule has 0 atom stereocenters. The molecule has 1 N–H and O–H groups in total. The lowest BCUT2D eigenvalue weighted by atomic mass is 9.98. The van der Waals surface area contributed by atoms with Gasteiger partial charge in [0.15, 0.2) is 0 Å². The SMILES string of the molecule is CCCCC1=C(c2cn(CCCOO[Si](c3ccccc3)(c3ccccc3)C(C)(C)C)c3ncccc23)C(=O)NC1=O. The van der Waals surface area contributed by atoms with Crippen LogP contribution in [0.4, 0.5) is 0 Å². The van der Waals surface area contributed by atoms with Crippen LogP contribution >= 0.6 is 0 Å². The largest absolute Gasteiger partial charge is 0.332 e. The third kappa shape index (κ3) is 5.62. The van der Waals surface area contributed by atoms with E-state index in [-0.39, 0.29) is 16.9 Å². The highest BCUT2D eigenvalue weighted by atomic mass is 28.4. The van der Waals surface area contributed by atoms with Gasteiger partial charge in [-0.25, -0.2) is 9.87 Å². The van der Waals surface area contributed by atoms with Crippen LogP contribution < -0.4 is 15.7 Å². The smallest absolute Gasteiger partial charge is 0.305 e. The average Bonchev–Trinajstić information content (AvgIpc) is 3.49. The Hall–Kier alpha value is -3.85. The molecule has 0 unspecified atom stereocenters. The summed E-state index contributed by atoms with van der Waals surface area (Å²) < 4.78 is 8.61. The fourth-order valence-electron chi connectivity index (χ4n) is 5.88. The van der Waals surface area contributed by atoms with Crippen LogP contribution in [0.15, 0.2) is 90.8 Å². The maximum absolute atomic E-state index is 12.9. The first-order chi connectivity index (χ1) is 20.3. The Morgan fingerprint density at radius 1 is 0.881 bits per heavy atom. The van der Waals surface area contributed by atoms with E-state index in [0.29, 0.717) is 37.1 Å². The molecule has 0 saturated carbocycles. The number of carbonyl (C=O) groups is 2. The van der Waals surface area contributed by atoms with Crippen LogP contribution in [-0.2, 0) is 25.6 Å². The Bertz CT molecular complexity index is 1550. The van der Waals surface area contributed by atoms with E-state index < -0.39 is 8.32 Å². The van der Waals surface area contributed by atoms with Gasteiger partial charge in [0.25, 0.3) is 11.8 Å². The van der Waals surface area contributed by atoms with Crippen molar-refractivity contribution < 1.29 is 19.1 Å². The second-order valence-electron chi connectivity index (χ2n) is 11.8. The number of rotatable bonds is 12. The van der Waals surface area contributed by atoms with E-state index in [1.54, 1.807) is 6.20 Å². The predicted octanol–water partition coefficient (Wildman–Crippen LogP) is 5.53. The molecule has 2 aromatic heterocycles. The highest BCUT2D eigenvalue weighted by Gasteiger charge is 2.52. The van der Waals surface area contributed by atoms with Gasteiger partial charge in [-0.2, -0.15) is 0 Å². The van der Waals surface area contributed by atoms with Gasteiger partial charge in [-0.05, 0) is 46.8 Å². The summed E-state index contributed by atoms with van der Waals surface area (Å²) in [7, 11) is -2.79. The van der Waals surface area contributed by atoms with Gasteiger partial charge in [-0.3, -0.25) is 19.5 Å². The summed E-state index contributed by atoms with van der Waals surface area (Å²) in [4.78, 5) is 36.1. The van der Waals surface area contributed by atoms with Gasteiger partial charge in [0.1, 0.15) is 5.65 Å². The van der Waals surface area contributed by atoms with Crippen LogP contribution in [0.25, 0.3) is 16.6 Å². The number of pyridine rings is 1. The first-order valence-corrected chi connectivity index (χ1v) is 16.6. The predicted molar refractivity (Wildman–Crippen MR) is 169 cm³/mol. The van der Waals surface area contributed by atoms with Crippen molar-refractivity contribution in [2.75, 3.05) is 6.61 Å². The highest BCUT2D eigenvalue weighted by Crippen LogP contribution is 2.37. The molecular formula is C34H39N3O4Si. The Balaban J connectivity index is 1.37. The molecule has 2 aromatic carbocycles. The molecule has 0 fully saturated rings. The van der Waals surface area contributed by atoms with Crippen molar-refractivity contribution in [1.82, 2.24) is 14.9 Å². The van der Waals surface area contributed by atoms with Crippen molar-refractivity contribution in [3.8, 4) is 0 Å². The molecule has 0 radical (unpaired) electrons. The minimum absolute atomic E-state index is 0.187. The molecule has 5 rings (SSSR count). The molecular weight excluding hydrogens is 542 g/mol. The number of carbonyl (C=O) groups excluding carboxylic acids is 2. The number of benzene rings is 2. The van der Waals surface area contributed by atoms with Crippen LogP contribution in [0.1, 0.15) is 58.9 Å². The van der Waals surface area contributed by atoms with E-state index in [2.05, 4.69) is 86.5 Å². The number of amides is 2. The summed E-state index contributed by atoms with van der Waals surface area (Å²) in [6.45, 7) is 9.73. The monoisotopic (exact) mass is 581 g/mol. The van der Waals surface area contributed by atoms with E-state index in [4.69, 9.17) is 9.46 Å². The van der Waals surface area contributed by atoms with Crippen molar-refractivity contribution >= 4 is 47.1 Å². The number of unbranched alkanes of at least 4 members (excludes halogenated alkanes) is 1. The van der Waals surface area contributed by atoms with E-state index in [0.717, 1.165) is 39.8 Å². The van der Waals surface area contributed by atoms with Gasteiger partial charge in [0.2, 0.25) is 0 Å². The molecule has 42 heavy (non-hydrogen) atoms. The maximum Gasteiger partial charge on any atom is 0.305 e. The van der Waals surface area contributed by atoms with Gasteiger partial charge in [-0.1, -0.05) is 94.8 Å². The van der Waals surface area contributed by atoms with Crippen LogP contribution in [0.5, 0.6) is 0 Å². The average molecular weight is 582 g/mol. The van der Waals surface area contributed by atoms with Gasteiger partial charge < -0.3 is 4.57 Å². The number of fused-ring (bicyclic) bond motifs is 1. The van der Waals surface area contributed by atoms with E-state index >= 15 is 0 Å². The Labute approximate surface area is 248 Å². The van der Waals surface area contributed by atoms with Crippen molar-refractivity contribution in [3.63, 3.8) is 0 Å². The van der Waals surface area contributed by atoms with Crippen LogP contribution in [-0.4, -0.2) is 36.3 Å². The van der Waals surface area contributed by atoms with Gasteiger partial charge in [0, 0.05) is 35.5 Å². The Morgan fingerprint density at radius 3 is 2.17 bits per heavy atom. The zero-order chi connectivity index (χ0) is 29.7. The number of nitrogens with one attached hydrogen (secondary N) is 1. The molecule has 0 bridgehead atoms. The molecule has 3 heterocycles. The third-order valence-electron chi connectivity index (χ3n) is 7.94. The molecule has 4 aromatic rings. The molecule has 8 heteroatoms. The summed E-state index contributed by atoms with van der Waals surface area (Å²) in [5, 5.41) is 5.48. The van der Waals surface area contributed by atoms with Crippen molar-refractivity contribution in [2.45, 2.75) is 65.0 Å². The fraction of sp³-hybridized carbons (Fsp3) is 0.324. The van der Waals surface area contributed by atoms with E-state index in [1.165, 1.54) is 0 Å². The van der Waals surface area contributed by atoms with Gasteiger partial charge in [0.05, 0.1) is 12.2 Å². The molecule has 0 spiro atoms. The molecule has 0 aliphatic carbocycles. The lowest BCUT2D eigenvalue weighted by molar-refractivity contribution is -0.218. The van der Waals surface area contributed by atoms with Gasteiger partial charge >= 0.3 is 8.32 Å². The first-order valence-electron chi connectivity index (χ1n) is 14.7. The number of imide groups is 1. The normalized spacial score (nSPS) is 14.2. The zero-order valence-electron chi connectivity index (χ0n) is 24.9. The summed E-state index contributed by atoms with van der Waals surface area (Å²) in [6.07, 6.45) is 6.73. The quantitative estimate of drug-likeness (QED) is 0.0782. The number of hydrogen-bond acceptors (Lipinski definition) is 5. The number of hydrogen-bond donors (Lipinski definition) is 1. The Kier molecular flexibility index (Phi) is 8.87. The van der Waals surface area contributed by atoms with Crippen LogP contribution in [0.3, 0.4) is 0 Å². The number of aryl methyl sites for hydroxylation is 1. The molecule has 1 aliphatic rings. The summed E-state index contributed by atoms with van der Waals surface area (Å²) in [5.41, 5.74) is 2.55. The maximum atomic E-state index is 12.9. The molecule has 7 nitrogen and oxygen atoms in total. The first kappa shape index (κ1) is 29.6. The molecule has 218 valence electrons. The third-order valence-corrected chi connectivity index (χ3v) is 12.7. The minimum Gasteiger partial charge on any atom is -0.332 e.